The molecule has 0 aliphatic carbocycles. The summed E-state index contributed by atoms with van der Waals surface area (Å²) < 4.78 is 6.03. The minimum absolute atomic E-state index is 0.0958. The Labute approximate surface area is 120 Å². The topological polar surface area (TPSA) is 21.3 Å². The summed E-state index contributed by atoms with van der Waals surface area (Å²) in [6.45, 7) is 8.91. The van der Waals surface area contributed by atoms with E-state index in [-0.39, 0.29) is 5.60 Å². The van der Waals surface area contributed by atoms with Gasteiger partial charge in [-0.1, -0.05) is 52.4 Å². The molecule has 1 fully saturated rings. The molecule has 1 heterocycles. The van der Waals surface area contributed by atoms with E-state index in [0.717, 1.165) is 13.2 Å². The van der Waals surface area contributed by atoms with Gasteiger partial charge in [-0.3, -0.25) is 0 Å². The molecule has 0 bridgehead atoms. The van der Waals surface area contributed by atoms with Crippen LogP contribution in [0.2, 0.25) is 0 Å². The van der Waals surface area contributed by atoms with Gasteiger partial charge in [0.25, 0.3) is 0 Å². The van der Waals surface area contributed by atoms with Crippen molar-refractivity contribution >= 4 is 0 Å². The Kier molecular flexibility index (Phi) is 8.72. The smallest absolute Gasteiger partial charge is 0.0807 e. The monoisotopic (exact) mass is 269 g/mol. The highest BCUT2D eigenvalue weighted by Gasteiger charge is 2.37. The second-order valence-corrected chi connectivity index (χ2v) is 6.33. The van der Waals surface area contributed by atoms with E-state index in [9.17, 15) is 0 Å². The minimum Gasteiger partial charge on any atom is -0.374 e. The van der Waals surface area contributed by atoms with E-state index in [2.05, 4.69) is 26.1 Å². The fourth-order valence-electron chi connectivity index (χ4n) is 3.15. The van der Waals surface area contributed by atoms with Gasteiger partial charge in [0.05, 0.1) is 5.60 Å². The molecule has 19 heavy (non-hydrogen) atoms. The summed E-state index contributed by atoms with van der Waals surface area (Å²) >= 11 is 0. The Morgan fingerprint density at radius 2 is 1.79 bits per heavy atom. The average Bonchev–Trinajstić information content (AvgIpc) is 2.85. The molecule has 0 aromatic carbocycles. The molecule has 1 N–H and O–H groups in total. The Bertz CT molecular complexity index is 211. The van der Waals surface area contributed by atoms with Gasteiger partial charge in [-0.15, -0.1) is 0 Å². The van der Waals surface area contributed by atoms with Crippen LogP contribution in [0.1, 0.15) is 85.0 Å². The first-order valence-corrected chi connectivity index (χ1v) is 8.60. The molecular formula is C17H35NO. The molecule has 2 heteroatoms. The van der Waals surface area contributed by atoms with Crippen LogP contribution >= 0.6 is 0 Å². The van der Waals surface area contributed by atoms with Crippen molar-refractivity contribution in [2.45, 2.75) is 96.6 Å². The third-order valence-electron chi connectivity index (χ3n) is 4.47. The number of ether oxygens (including phenoxy) is 1. The first-order valence-electron chi connectivity index (χ1n) is 8.60. The first-order chi connectivity index (χ1) is 9.23. The summed E-state index contributed by atoms with van der Waals surface area (Å²) in [6.07, 6.45) is 13.3. The lowest BCUT2D eigenvalue weighted by atomic mass is 9.89. The van der Waals surface area contributed by atoms with Crippen LogP contribution in [0.4, 0.5) is 0 Å². The highest BCUT2D eigenvalue weighted by atomic mass is 16.5. The molecule has 1 aliphatic rings. The molecule has 2 atom stereocenters. The maximum absolute atomic E-state index is 6.03. The number of rotatable bonds is 11. The van der Waals surface area contributed by atoms with Gasteiger partial charge in [0.2, 0.25) is 0 Å². The highest BCUT2D eigenvalue weighted by molar-refractivity contribution is 4.92. The van der Waals surface area contributed by atoms with E-state index >= 15 is 0 Å². The second kappa shape index (κ2) is 9.77. The number of nitrogens with one attached hydrogen (secondary N) is 1. The van der Waals surface area contributed by atoms with Gasteiger partial charge in [0.15, 0.2) is 0 Å². The molecule has 1 aliphatic heterocycles. The van der Waals surface area contributed by atoms with Gasteiger partial charge in [0, 0.05) is 12.6 Å². The zero-order chi connectivity index (χ0) is 14.0. The van der Waals surface area contributed by atoms with Gasteiger partial charge in [0.1, 0.15) is 0 Å². The van der Waals surface area contributed by atoms with E-state index in [0.29, 0.717) is 6.04 Å². The molecule has 1 saturated heterocycles. The molecule has 1 rings (SSSR count). The third-order valence-corrected chi connectivity index (χ3v) is 4.47. The largest absolute Gasteiger partial charge is 0.374 e. The normalized spacial score (nSPS) is 24.8. The van der Waals surface area contributed by atoms with Crippen molar-refractivity contribution in [3.05, 3.63) is 0 Å². The Balaban J connectivity index is 2.25. The zero-order valence-electron chi connectivity index (χ0n) is 13.5. The lowest BCUT2D eigenvalue weighted by Crippen LogP contribution is -2.48. The van der Waals surface area contributed by atoms with Gasteiger partial charge < -0.3 is 10.1 Å². The molecular weight excluding hydrogens is 234 g/mol. The van der Waals surface area contributed by atoms with Crippen molar-refractivity contribution in [1.82, 2.24) is 5.32 Å². The van der Waals surface area contributed by atoms with Crippen LogP contribution in [0.25, 0.3) is 0 Å². The minimum atomic E-state index is 0.0958. The van der Waals surface area contributed by atoms with Crippen LogP contribution < -0.4 is 5.32 Å². The second-order valence-electron chi connectivity index (χ2n) is 6.33. The van der Waals surface area contributed by atoms with Crippen LogP contribution in [-0.2, 0) is 4.74 Å². The molecule has 0 radical (unpaired) electrons. The average molecular weight is 269 g/mol. The maximum atomic E-state index is 6.03. The summed E-state index contributed by atoms with van der Waals surface area (Å²) in [7, 11) is 0. The van der Waals surface area contributed by atoms with E-state index in [1.165, 1.54) is 64.2 Å². The predicted molar refractivity (Wildman–Crippen MR) is 83.7 cm³/mol. The molecule has 2 unspecified atom stereocenters. The SMILES string of the molecule is CCCCCCCCC(NCCC)C1(C)CCCO1. The van der Waals surface area contributed by atoms with Gasteiger partial charge >= 0.3 is 0 Å². The molecule has 114 valence electrons. The zero-order valence-corrected chi connectivity index (χ0v) is 13.5. The number of hydrogen-bond acceptors (Lipinski definition) is 2. The Morgan fingerprint density at radius 1 is 1.05 bits per heavy atom. The molecule has 0 aromatic rings. The summed E-state index contributed by atoms with van der Waals surface area (Å²) in [4.78, 5) is 0. The summed E-state index contributed by atoms with van der Waals surface area (Å²) in [5, 5.41) is 3.73. The van der Waals surface area contributed by atoms with Crippen LogP contribution in [0, 0.1) is 0 Å². The summed E-state index contributed by atoms with van der Waals surface area (Å²) in [5.41, 5.74) is 0.0958. The standard InChI is InChI=1S/C17H35NO/c1-4-6-7-8-9-10-12-16(18-14-5-2)17(3)13-11-15-19-17/h16,18H,4-15H2,1-3H3. The fourth-order valence-corrected chi connectivity index (χ4v) is 3.15. The quantitative estimate of drug-likeness (QED) is 0.550. The van der Waals surface area contributed by atoms with E-state index < -0.39 is 0 Å². The van der Waals surface area contributed by atoms with Crippen LogP contribution in [0.5, 0.6) is 0 Å². The summed E-state index contributed by atoms with van der Waals surface area (Å²) in [6, 6.07) is 0.557. The van der Waals surface area contributed by atoms with Crippen LogP contribution in [-0.4, -0.2) is 24.8 Å². The molecule has 0 saturated carbocycles. The van der Waals surface area contributed by atoms with Crippen molar-refractivity contribution in [1.29, 1.82) is 0 Å². The van der Waals surface area contributed by atoms with E-state index in [1.54, 1.807) is 0 Å². The summed E-state index contributed by atoms with van der Waals surface area (Å²) in [5.74, 6) is 0. The van der Waals surface area contributed by atoms with E-state index in [1.807, 2.05) is 0 Å². The molecule has 0 aromatic heterocycles. The highest BCUT2D eigenvalue weighted by Crippen LogP contribution is 2.31. The first kappa shape index (κ1) is 17.0. The molecule has 0 spiro atoms. The van der Waals surface area contributed by atoms with Crippen LogP contribution in [0.3, 0.4) is 0 Å². The third kappa shape index (κ3) is 6.27. The maximum Gasteiger partial charge on any atom is 0.0807 e. The lowest BCUT2D eigenvalue weighted by Gasteiger charge is -2.34. The molecule has 2 nitrogen and oxygen atoms in total. The number of hydrogen-bond donors (Lipinski definition) is 1. The Hall–Kier alpha value is -0.0800. The van der Waals surface area contributed by atoms with Gasteiger partial charge in [-0.25, -0.2) is 0 Å². The van der Waals surface area contributed by atoms with Gasteiger partial charge in [-0.05, 0) is 39.2 Å². The molecule has 0 amide bonds. The number of unbranched alkanes of at least 4 members (excludes halogenated alkanes) is 5. The van der Waals surface area contributed by atoms with Crippen molar-refractivity contribution < 1.29 is 4.74 Å². The predicted octanol–water partition coefficient (Wildman–Crippen LogP) is 4.67. The van der Waals surface area contributed by atoms with Crippen molar-refractivity contribution in [3.8, 4) is 0 Å². The van der Waals surface area contributed by atoms with Crippen molar-refractivity contribution in [2.24, 2.45) is 0 Å². The Morgan fingerprint density at radius 3 is 2.42 bits per heavy atom. The van der Waals surface area contributed by atoms with Gasteiger partial charge in [-0.2, -0.15) is 0 Å². The van der Waals surface area contributed by atoms with E-state index in [4.69, 9.17) is 4.74 Å². The lowest BCUT2D eigenvalue weighted by molar-refractivity contribution is -0.0144. The fraction of sp³-hybridized carbons (Fsp3) is 1.00. The van der Waals surface area contributed by atoms with Crippen molar-refractivity contribution in [2.75, 3.05) is 13.2 Å². The van der Waals surface area contributed by atoms with Crippen LogP contribution in [0.15, 0.2) is 0 Å². The van der Waals surface area contributed by atoms with Crippen molar-refractivity contribution in [3.63, 3.8) is 0 Å².